The van der Waals surface area contributed by atoms with Gasteiger partial charge in [-0.15, -0.1) is 0 Å². The van der Waals surface area contributed by atoms with Crippen molar-refractivity contribution >= 4 is 11.8 Å². The van der Waals surface area contributed by atoms with E-state index in [2.05, 4.69) is 4.98 Å². The third kappa shape index (κ3) is 3.45. The van der Waals surface area contributed by atoms with Crippen molar-refractivity contribution in [1.29, 1.82) is 0 Å². The van der Waals surface area contributed by atoms with E-state index in [1.54, 1.807) is 11.5 Å². The van der Waals surface area contributed by atoms with Crippen LogP contribution in [0.3, 0.4) is 0 Å². The average molecular weight is 241 g/mol. The SMILES string of the molecule is CCOC(=O)c1ncn(CC(C)OCC)c1N. The molecule has 0 bridgehead atoms. The summed E-state index contributed by atoms with van der Waals surface area (Å²) in [5.74, 6) is -0.178. The van der Waals surface area contributed by atoms with Crippen LogP contribution in [0.25, 0.3) is 0 Å². The zero-order valence-corrected chi connectivity index (χ0v) is 10.5. The smallest absolute Gasteiger partial charge is 0.360 e. The standard InChI is InChI=1S/C11H19N3O3/c1-4-16-8(3)6-14-7-13-9(10(14)12)11(15)17-5-2/h7-8H,4-6,12H2,1-3H3. The van der Waals surface area contributed by atoms with E-state index < -0.39 is 5.97 Å². The Morgan fingerprint density at radius 2 is 2.24 bits per heavy atom. The number of hydrogen-bond donors (Lipinski definition) is 1. The van der Waals surface area contributed by atoms with E-state index in [4.69, 9.17) is 15.2 Å². The molecular weight excluding hydrogens is 222 g/mol. The molecule has 1 aromatic rings. The van der Waals surface area contributed by atoms with Crippen LogP contribution in [0, 0.1) is 0 Å². The fraction of sp³-hybridized carbons (Fsp3) is 0.636. The summed E-state index contributed by atoms with van der Waals surface area (Å²) in [5.41, 5.74) is 5.99. The van der Waals surface area contributed by atoms with Gasteiger partial charge in [0.05, 0.1) is 25.6 Å². The van der Waals surface area contributed by atoms with Gasteiger partial charge in [0, 0.05) is 6.61 Å². The van der Waals surface area contributed by atoms with Gasteiger partial charge in [-0.25, -0.2) is 9.78 Å². The molecule has 17 heavy (non-hydrogen) atoms. The second-order valence-electron chi connectivity index (χ2n) is 3.62. The number of rotatable bonds is 6. The summed E-state index contributed by atoms with van der Waals surface area (Å²) in [7, 11) is 0. The normalized spacial score (nSPS) is 12.4. The summed E-state index contributed by atoms with van der Waals surface area (Å²) in [6, 6.07) is 0. The summed E-state index contributed by atoms with van der Waals surface area (Å²) >= 11 is 0. The van der Waals surface area contributed by atoms with E-state index >= 15 is 0 Å². The number of imidazole rings is 1. The van der Waals surface area contributed by atoms with Crippen molar-refractivity contribution in [3.63, 3.8) is 0 Å². The molecule has 1 atom stereocenters. The third-order valence-electron chi connectivity index (χ3n) is 2.25. The molecule has 1 aromatic heterocycles. The summed E-state index contributed by atoms with van der Waals surface area (Å²) in [6.07, 6.45) is 1.54. The first kappa shape index (κ1) is 13.5. The Morgan fingerprint density at radius 1 is 1.53 bits per heavy atom. The van der Waals surface area contributed by atoms with Crippen LogP contribution >= 0.6 is 0 Å². The van der Waals surface area contributed by atoms with Crippen molar-refractivity contribution in [3.8, 4) is 0 Å². The molecule has 0 spiro atoms. The molecule has 96 valence electrons. The van der Waals surface area contributed by atoms with Crippen LogP contribution in [0.2, 0.25) is 0 Å². The van der Waals surface area contributed by atoms with E-state index in [0.29, 0.717) is 25.6 Å². The highest BCUT2D eigenvalue weighted by atomic mass is 16.5. The summed E-state index contributed by atoms with van der Waals surface area (Å²) < 4.78 is 11.9. The Morgan fingerprint density at radius 3 is 2.82 bits per heavy atom. The van der Waals surface area contributed by atoms with E-state index in [1.165, 1.54) is 6.33 Å². The van der Waals surface area contributed by atoms with Gasteiger partial charge >= 0.3 is 5.97 Å². The number of anilines is 1. The van der Waals surface area contributed by atoms with Gasteiger partial charge in [0.1, 0.15) is 5.82 Å². The van der Waals surface area contributed by atoms with Crippen molar-refractivity contribution in [2.24, 2.45) is 0 Å². The maximum Gasteiger partial charge on any atom is 0.360 e. The molecule has 1 unspecified atom stereocenters. The molecule has 0 aliphatic rings. The Bertz CT molecular complexity index is 376. The van der Waals surface area contributed by atoms with Gasteiger partial charge < -0.3 is 19.8 Å². The topological polar surface area (TPSA) is 79.4 Å². The van der Waals surface area contributed by atoms with E-state index in [9.17, 15) is 4.79 Å². The van der Waals surface area contributed by atoms with E-state index in [-0.39, 0.29) is 11.8 Å². The van der Waals surface area contributed by atoms with E-state index in [0.717, 1.165) is 0 Å². The minimum atomic E-state index is -0.493. The number of nitrogens with two attached hydrogens (primary N) is 1. The van der Waals surface area contributed by atoms with Crippen molar-refractivity contribution in [1.82, 2.24) is 9.55 Å². The molecule has 0 amide bonds. The highest BCUT2D eigenvalue weighted by Gasteiger charge is 2.17. The summed E-state index contributed by atoms with van der Waals surface area (Å²) in [5, 5.41) is 0. The second kappa shape index (κ2) is 6.24. The number of aromatic nitrogens is 2. The number of carbonyl (C=O) groups is 1. The van der Waals surface area contributed by atoms with Gasteiger partial charge in [-0.2, -0.15) is 0 Å². The Hall–Kier alpha value is -1.56. The predicted octanol–water partition coefficient (Wildman–Crippen LogP) is 1.07. The van der Waals surface area contributed by atoms with Crippen molar-refractivity contribution in [2.45, 2.75) is 33.4 Å². The number of ether oxygens (including phenoxy) is 2. The zero-order chi connectivity index (χ0) is 12.8. The van der Waals surface area contributed by atoms with Crippen molar-refractivity contribution in [2.75, 3.05) is 18.9 Å². The molecule has 0 fully saturated rings. The first-order valence-corrected chi connectivity index (χ1v) is 5.69. The van der Waals surface area contributed by atoms with E-state index in [1.807, 2.05) is 13.8 Å². The fourth-order valence-corrected chi connectivity index (χ4v) is 1.51. The molecule has 2 N–H and O–H groups in total. The van der Waals surface area contributed by atoms with Crippen LogP contribution in [0.1, 0.15) is 31.3 Å². The molecule has 0 radical (unpaired) electrons. The predicted molar refractivity (Wildman–Crippen MR) is 63.7 cm³/mol. The van der Waals surface area contributed by atoms with Crippen molar-refractivity contribution in [3.05, 3.63) is 12.0 Å². The lowest BCUT2D eigenvalue weighted by atomic mass is 10.4. The van der Waals surface area contributed by atoms with Gasteiger partial charge in [0.2, 0.25) is 0 Å². The number of nitrogens with zero attached hydrogens (tertiary/aromatic N) is 2. The molecule has 0 aliphatic carbocycles. The van der Waals surface area contributed by atoms with Crippen LogP contribution in [0.5, 0.6) is 0 Å². The van der Waals surface area contributed by atoms with Crippen LogP contribution in [0.4, 0.5) is 5.82 Å². The van der Waals surface area contributed by atoms with Crippen LogP contribution < -0.4 is 5.73 Å². The van der Waals surface area contributed by atoms with Gasteiger partial charge in [-0.1, -0.05) is 0 Å². The van der Waals surface area contributed by atoms with Gasteiger partial charge in [0.25, 0.3) is 0 Å². The monoisotopic (exact) mass is 241 g/mol. The van der Waals surface area contributed by atoms with Crippen LogP contribution in [-0.2, 0) is 16.0 Å². The molecule has 1 heterocycles. The molecule has 0 aliphatic heterocycles. The van der Waals surface area contributed by atoms with Crippen LogP contribution in [-0.4, -0.2) is 34.8 Å². The minimum absolute atomic E-state index is 0.0199. The molecule has 6 heteroatoms. The summed E-state index contributed by atoms with van der Waals surface area (Å²) in [4.78, 5) is 15.4. The Kier molecular flexibility index (Phi) is 4.96. The number of hydrogen-bond acceptors (Lipinski definition) is 5. The minimum Gasteiger partial charge on any atom is -0.461 e. The molecule has 0 saturated carbocycles. The fourth-order valence-electron chi connectivity index (χ4n) is 1.51. The van der Waals surface area contributed by atoms with Gasteiger partial charge in [-0.05, 0) is 20.8 Å². The Labute approximate surface area is 101 Å². The maximum atomic E-state index is 11.5. The number of esters is 1. The number of nitrogen functional groups attached to an aromatic ring is 1. The largest absolute Gasteiger partial charge is 0.461 e. The molecular formula is C11H19N3O3. The van der Waals surface area contributed by atoms with Crippen LogP contribution in [0.15, 0.2) is 6.33 Å². The van der Waals surface area contributed by atoms with Crippen molar-refractivity contribution < 1.29 is 14.3 Å². The lowest BCUT2D eigenvalue weighted by molar-refractivity contribution is 0.0520. The molecule has 0 saturated heterocycles. The number of carbonyl (C=O) groups excluding carboxylic acids is 1. The molecule has 1 rings (SSSR count). The lowest BCUT2D eigenvalue weighted by Gasteiger charge is -2.13. The molecule has 6 nitrogen and oxygen atoms in total. The lowest BCUT2D eigenvalue weighted by Crippen LogP contribution is -2.18. The third-order valence-corrected chi connectivity index (χ3v) is 2.25. The quantitative estimate of drug-likeness (QED) is 0.753. The van der Waals surface area contributed by atoms with Gasteiger partial charge in [0.15, 0.2) is 5.69 Å². The highest BCUT2D eigenvalue weighted by Crippen LogP contribution is 2.12. The second-order valence-corrected chi connectivity index (χ2v) is 3.62. The molecule has 0 aromatic carbocycles. The first-order chi connectivity index (χ1) is 8.10. The maximum absolute atomic E-state index is 11.5. The first-order valence-electron chi connectivity index (χ1n) is 5.69. The Balaban J connectivity index is 2.73. The van der Waals surface area contributed by atoms with Gasteiger partial charge in [-0.3, -0.25) is 0 Å². The average Bonchev–Trinajstić information content (AvgIpc) is 2.61. The highest BCUT2D eigenvalue weighted by molar-refractivity contribution is 5.92. The summed E-state index contributed by atoms with van der Waals surface area (Å²) in [6.45, 7) is 7.11. The zero-order valence-electron chi connectivity index (χ0n) is 10.5.